The second kappa shape index (κ2) is 6.44. The number of benzene rings is 1. The molecule has 2 rings (SSSR count). The summed E-state index contributed by atoms with van der Waals surface area (Å²) in [5, 5.41) is 12.2. The van der Waals surface area contributed by atoms with Gasteiger partial charge in [-0.05, 0) is 50.6 Å². The Morgan fingerprint density at radius 2 is 2.32 bits per heavy atom. The second-order valence-corrected chi connectivity index (χ2v) is 5.99. The minimum atomic E-state index is -1.32. The van der Waals surface area contributed by atoms with Gasteiger partial charge in [0.25, 0.3) is 0 Å². The van der Waals surface area contributed by atoms with E-state index in [2.05, 4.69) is 5.32 Å². The van der Waals surface area contributed by atoms with Crippen molar-refractivity contribution in [2.75, 3.05) is 24.5 Å². The lowest BCUT2D eigenvalue weighted by Gasteiger charge is -2.37. The summed E-state index contributed by atoms with van der Waals surface area (Å²) in [7, 11) is 0. The molecule has 1 aromatic carbocycles. The fraction of sp³-hybridized carbons (Fsp3) is 0.500. The molecular weight excluding hydrogens is 287 g/mol. The van der Waals surface area contributed by atoms with E-state index in [0.29, 0.717) is 37.2 Å². The van der Waals surface area contributed by atoms with E-state index < -0.39 is 11.6 Å². The van der Waals surface area contributed by atoms with Crippen LogP contribution in [0.25, 0.3) is 0 Å². The number of piperidine rings is 1. The summed E-state index contributed by atoms with van der Waals surface area (Å²) in [6, 6.07) is 4.69. The average Bonchev–Trinajstić information content (AvgIpc) is 2.45. The van der Waals surface area contributed by atoms with Crippen molar-refractivity contribution in [2.24, 2.45) is 5.92 Å². The number of nitrogens with zero attached hydrogens (tertiary/aromatic N) is 1. The molecule has 120 valence electrons. The Balaban J connectivity index is 2.19. The number of hydrogen-bond donors (Lipinski definition) is 2. The van der Waals surface area contributed by atoms with Gasteiger partial charge >= 0.3 is 5.97 Å². The lowest BCUT2D eigenvalue weighted by molar-refractivity contribution is -0.107. The zero-order valence-electron chi connectivity index (χ0n) is 12.8. The van der Waals surface area contributed by atoms with Crippen LogP contribution in [0.3, 0.4) is 0 Å². The van der Waals surface area contributed by atoms with Crippen molar-refractivity contribution >= 4 is 18.1 Å². The number of carboxylic acid groups (broad SMARTS) is 1. The lowest BCUT2D eigenvalue weighted by atomic mass is 9.84. The van der Waals surface area contributed by atoms with Gasteiger partial charge in [0.15, 0.2) is 0 Å². The zero-order chi connectivity index (χ0) is 16.3. The summed E-state index contributed by atoms with van der Waals surface area (Å²) in [4.78, 5) is 23.9. The van der Waals surface area contributed by atoms with Crippen LogP contribution in [-0.2, 0) is 4.79 Å². The highest BCUT2D eigenvalue weighted by Crippen LogP contribution is 2.30. The van der Waals surface area contributed by atoms with Gasteiger partial charge in [0.1, 0.15) is 5.67 Å². The summed E-state index contributed by atoms with van der Waals surface area (Å²) in [6.07, 6.45) is 1.08. The molecule has 5 nitrogen and oxygen atoms in total. The van der Waals surface area contributed by atoms with Crippen molar-refractivity contribution in [2.45, 2.75) is 25.9 Å². The maximum atomic E-state index is 14.5. The molecule has 0 saturated carbocycles. The first-order chi connectivity index (χ1) is 10.3. The summed E-state index contributed by atoms with van der Waals surface area (Å²) >= 11 is 0. The van der Waals surface area contributed by atoms with Gasteiger partial charge in [-0.2, -0.15) is 0 Å². The van der Waals surface area contributed by atoms with E-state index in [-0.39, 0.29) is 18.0 Å². The molecule has 0 spiro atoms. The molecule has 6 heteroatoms. The van der Waals surface area contributed by atoms with E-state index in [1.807, 2.05) is 0 Å². The Hall–Kier alpha value is -1.95. The smallest absolute Gasteiger partial charge is 0.335 e. The summed E-state index contributed by atoms with van der Waals surface area (Å²) in [5.41, 5.74) is 0.0347. The molecule has 0 bridgehead atoms. The van der Waals surface area contributed by atoms with Crippen molar-refractivity contribution in [3.8, 4) is 0 Å². The van der Waals surface area contributed by atoms with Crippen molar-refractivity contribution in [1.82, 2.24) is 5.32 Å². The van der Waals surface area contributed by atoms with Gasteiger partial charge in [-0.3, -0.25) is 4.79 Å². The molecule has 1 aromatic rings. The number of alkyl halides is 1. The Bertz CT molecular complexity index is 575. The van der Waals surface area contributed by atoms with Crippen molar-refractivity contribution in [1.29, 1.82) is 0 Å². The van der Waals surface area contributed by atoms with Crippen molar-refractivity contribution in [3.05, 3.63) is 29.3 Å². The van der Waals surface area contributed by atoms with Crippen molar-refractivity contribution < 1.29 is 19.1 Å². The van der Waals surface area contributed by atoms with Crippen LogP contribution in [0.1, 0.15) is 29.3 Å². The van der Waals surface area contributed by atoms with Gasteiger partial charge in [-0.25, -0.2) is 9.18 Å². The molecule has 1 aliphatic rings. The molecule has 1 fully saturated rings. The highest BCUT2D eigenvalue weighted by Gasteiger charge is 2.37. The third kappa shape index (κ3) is 3.44. The number of hydrogen-bond acceptors (Lipinski definition) is 3. The van der Waals surface area contributed by atoms with Crippen molar-refractivity contribution in [3.63, 3.8) is 0 Å². The van der Waals surface area contributed by atoms with Crippen LogP contribution in [0, 0.1) is 12.8 Å². The number of carbonyl (C=O) groups excluding carboxylic acids is 1. The SMILES string of the molecule is Cc1cc(N(C=O)CC2CNCCC2(C)F)ccc1C(=O)O. The van der Waals surface area contributed by atoms with Crippen LogP contribution in [0.5, 0.6) is 0 Å². The number of halogens is 1. The number of carboxylic acids is 1. The zero-order valence-corrected chi connectivity index (χ0v) is 12.8. The molecule has 2 unspecified atom stereocenters. The molecule has 1 saturated heterocycles. The number of amides is 1. The van der Waals surface area contributed by atoms with E-state index in [4.69, 9.17) is 5.11 Å². The number of carbonyl (C=O) groups is 2. The highest BCUT2D eigenvalue weighted by atomic mass is 19.1. The van der Waals surface area contributed by atoms with Gasteiger partial charge in [0.2, 0.25) is 6.41 Å². The largest absolute Gasteiger partial charge is 0.478 e. The van der Waals surface area contributed by atoms with E-state index in [0.717, 1.165) is 0 Å². The summed E-state index contributed by atoms with van der Waals surface area (Å²) in [5.74, 6) is -1.31. The first-order valence-corrected chi connectivity index (χ1v) is 7.30. The van der Waals surface area contributed by atoms with Gasteiger partial charge in [0, 0.05) is 24.7 Å². The highest BCUT2D eigenvalue weighted by molar-refractivity contribution is 5.90. The summed E-state index contributed by atoms with van der Waals surface area (Å²) in [6.45, 7) is 4.66. The number of anilines is 1. The van der Waals surface area contributed by atoms with Crippen LogP contribution >= 0.6 is 0 Å². The maximum absolute atomic E-state index is 14.5. The first-order valence-electron chi connectivity index (χ1n) is 7.30. The molecule has 22 heavy (non-hydrogen) atoms. The van der Waals surface area contributed by atoms with E-state index in [9.17, 15) is 14.0 Å². The molecule has 2 atom stereocenters. The summed E-state index contributed by atoms with van der Waals surface area (Å²) < 4.78 is 14.5. The van der Waals surface area contributed by atoms with Gasteiger partial charge in [0.05, 0.1) is 5.56 Å². The number of aryl methyl sites for hydroxylation is 1. The minimum Gasteiger partial charge on any atom is -0.478 e. The predicted molar refractivity (Wildman–Crippen MR) is 82.0 cm³/mol. The minimum absolute atomic E-state index is 0.198. The molecular formula is C16H21FN2O3. The van der Waals surface area contributed by atoms with E-state index >= 15 is 0 Å². The Labute approximate surface area is 129 Å². The molecule has 0 aliphatic carbocycles. The van der Waals surface area contributed by atoms with Crippen LogP contribution in [0.15, 0.2) is 18.2 Å². The molecule has 0 radical (unpaired) electrons. The molecule has 1 amide bonds. The standard InChI is InChI=1S/C16H21FN2O3/c1-11-7-13(3-4-14(11)15(21)22)19(10-20)9-12-8-18-6-5-16(12,2)17/h3-4,7,10,12,18H,5-6,8-9H2,1-2H3,(H,21,22). The Kier molecular flexibility index (Phi) is 4.81. The molecule has 1 aliphatic heterocycles. The topological polar surface area (TPSA) is 69.6 Å². The van der Waals surface area contributed by atoms with Crippen LogP contribution < -0.4 is 10.2 Å². The first kappa shape index (κ1) is 16.4. The van der Waals surface area contributed by atoms with E-state index in [1.165, 1.54) is 11.0 Å². The number of rotatable bonds is 5. The maximum Gasteiger partial charge on any atom is 0.335 e. The second-order valence-electron chi connectivity index (χ2n) is 5.99. The fourth-order valence-electron chi connectivity index (χ4n) is 2.79. The Morgan fingerprint density at radius 3 is 2.86 bits per heavy atom. The third-order valence-corrected chi connectivity index (χ3v) is 4.35. The van der Waals surface area contributed by atoms with Gasteiger partial charge < -0.3 is 15.3 Å². The molecule has 2 N–H and O–H groups in total. The molecule has 1 heterocycles. The van der Waals surface area contributed by atoms with E-state index in [1.54, 1.807) is 26.0 Å². The third-order valence-electron chi connectivity index (χ3n) is 4.35. The fourth-order valence-corrected chi connectivity index (χ4v) is 2.79. The van der Waals surface area contributed by atoms with Crippen LogP contribution in [0.2, 0.25) is 0 Å². The number of nitrogens with one attached hydrogen (secondary N) is 1. The monoisotopic (exact) mass is 308 g/mol. The van der Waals surface area contributed by atoms with Gasteiger partial charge in [-0.1, -0.05) is 0 Å². The normalized spacial score (nSPS) is 24.8. The predicted octanol–water partition coefficient (Wildman–Crippen LogP) is 1.99. The average molecular weight is 308 g/mol. The lowest BCUT2D eigenvalue weighted by Crippen LogP contribution is -2.50. The van der Waals surface area contributed by atoms with Gasteiger partial charge in [-0.15, -0.1) is 0 Å². The quantitative estimate of drug-likeness (QED) is 0.816. The number of aromatic carboxylic acids is 1. The molecule has 0 aromatic heterocycles. The Morgan fingerprint density at radius 1 is 1.59 bits per heavy atom. The van der Waals surface area contributed by atoms with Crippen LogP contribution in [0.4, 0.5) is 10.1 Å². The van der Waals surface area contributed by atoms with Crippen LogP contribution in [-0.4, -0.2) is 42.8 Å².